The molecule has 0 unspecified atom stereocenters. The quantitative estimate of drug-likeness (QED) is 0.818. The second-order valence-electron chi connectivity index (χ2n) is 6.40. The van der Waals surface area contributed by atoms with Crippen molar-refractivity contribution >= 4 is 5.91 Å². The van der Waals surface area contributed by atoms with Gasteiger partial charge in [-0.05, 0) is 13.1 Å². The molecule has 3 heterocycles. The Balaban J connectivity index is 1.60. The average molecular weight is 288 g/mol. The van der Waals surface area contributed by atoms with Crippen molar-refractivity contribution in [3.05, 3.63) is 29.8 Å². The first kappa shape index (κ1) is 13.1. The van der Waals surface area contributed by atoms with Crippen LogP contribution in [0, 0.1) is 11.8 Å². The van der Waals surface area contributed by atoms with Gasteiger partial charge in [0.05, 0.1) is 18.6 Å². The number of likely N-dealkylation sites (tertiary alicyclic amines) is 2. The summed E-state index contributed by atoms with van der Waals surface area (Å²) in [5.74, 6) is 1.29. The molecule has 21 heavy (non-hydrogen) atoms. The molecule has 0 saturated carbocycles. The van der Waals surface area contributed by atoms with Gasteiger partial charge < -0.3 is 14.7 Å². The Morgan fingerprint density at radius 2 is 2.05 bits per heavy atom. The number of para-hydroxylation sites is 1. The van der Waals surface area contributed by atoms with Crippen molar-refractivity contribution < 1.29 is 14.6 Å². The first-order valence-corrected chi connectivity index (χ1v) is 7.54. The zero-order chi connectivity index (χ0) is 14.6. The van der Waals surface area contributed by atoms with E-state index in [1.165, 1.54) is 5.56 Å². The van der Waals surface area contributed by atoms with E-state index in [4.69, 9.17) is 4.74 Å². The lowest BCUT2D eigenvalue weighted by molar-refractivity contribution is -0.147. The fraction of sp³-hybridized carbons (Fsp3) is 0.562. The molecule has 5 nitrogen and oxygen atoms in total. The maximum absolute atomic E-state index is 12.6. The van der Waals surface area contributed by atoms with Crippen molar-refractivity contribution in [1.82, 2.24) is 9.80 Å². The van der Waals surface area contributed by atoms with E-state index in [1.54, 1.807) is 4.90 Å². The Kier molecular flexibility index (Phi) is 2.94. The van der Waals surface area contributed by atoms with Gasteiger partial charge in [0.1, 0.15) is 5.75 Å². The number of fused-ring (bicyclic) bond motifs is 3. The molecule has 0 bridgehead atoms. The number of carbonyl (C=O) groups is 1. The fourth-order valence-corrected chi connectivity index (χ4v) is 3.95. The second-order valence-corrected chi connectivity index (χ2v) is 6.40. The molecular weight excluding hydrogens is 268 g/mol. The van der Waals surface area contributed by atoms with E-state index in [9.17, 15) is 9.90 Å². The van der Waals surface area contributed by atoms with E-state index in [2.05, 4.69) is 18.0 Å². The van der Waals surface area contributed by atoms with Gasteiger partial charge in [-0.1, -0.05) is 18.2 Å². The van der Waals surface area contributed by atoms with Crippen molar-refractivity contribution in [2.24, 2.45) is 11.8 Å². The number of rotatable bonds is 1. The molecule has 1 amide bonds. The van der Waals surface area contributed by atoms with Crippen LogP contribution in [0.4, 0.5) is 0 Å². The molecule has 1 aromatic rings. The van der Waals surface area contributed by atoms with Crippen molar-refractivity contribution in [2.75, 3.05) is 33.3 Å². The molecule has 0 radical (unpaired) electrons. The third kappa shape index (κ3) is 1.95. The molecular formula is C16H20N2O3. The summed E-state index contributed by atoms with van der Waals surface area (Å²) in [5, 5.41) is 9.40. The van der Waals surface area contributed by atoms with E-state index in [-0.39, 0.29) is 29.9 Å². The van der Waals surface area contributed by atoms with Crippen molar-refractivity contribution in [2.45, 2.75) is 12.1 Å². The average Bonchev–Trinajstić information content (AvgIpc) is 2.81. The van der Waals surface area contributed by atoms with Crippen LogP contribution in [0.1, 0.15) is 11.6 Å². The van der Waals surface area contributed by atoms with Crippen molar-refractivity contribution in [3.63, 3.8) is 0 Å². The van der Waals surface area contributed by atoms with Crippen LogP contribution in [-0.4, -0.2) is 60.2 Å². The molecule has 0 aliphatic carbocycles. The molecule has 2 saturated heterocycles. The summed E-state index contributed by atoms with van der Waals surface area (Å²) in [6.07, 6.45) is -0.341. The number of nitrogens with zero attached hydrogens (tertiary/aromatic N) is 2. The Bertz CT molecular complexity index is 570. The number of ether oxygens (including phenoxy) is 1. The van der Waals surface area contributed by atoms with Crippen LogP contribution >= 0.6 is 0 Å². The molecule has 0 aromatic heterocycles. The lowest BCUT2D eigenvalue weighted by Gasteiger charge is -2.39. The highest BCUT2D eigenvalue weighted by atomic mass is 16.5. The van der Waals surface area contributed by atoms with Crippen LogP contribution < -0.4 is 4.74 Å². The minimum absolute atomic E-state index is 0.0270. The Morgan fingerprint density at radius 3 is 2.81 bits per heavy atom. The summed E-state index contributed by atoms with van der Waals surface area (Å²) >= 11 is 0. The van der Waals surface area contributed by atoms with Gasteiger partial charge >= 0.3 is 0 Å². The third-order valence-corrected chi connectivity index (χ3v) is 5.04. The molecule has 3 atom stereocenters. The lowest BCUT2D eigenvalue weighted by Crippen LogP contribution is -2.56. The molecule has 2 fully saturated rings. The van der Waals surface area contributed by atoms with E-state index < -0.39 is 0 Å². The fourth-order valence-electron chi connectivity index (χ4n) is 3.95. The molecule has 3 aliphatic rings. The van der Waals surface area contributed by atoms with Crippen LogP contribution in [0.25, 0.3) is 0 Å². The van der Waals surface area contributed by atoms with Crippen LogP contribution in [0.3, 0.4) is 0 Å². The number of aliphatic hydroxyl groups is 1. The summed E-state index contributed by atoms with van der Waals surface area (Å²) < 4.78 is 5.87. The molecule has 5 heteroatoms. The summed E-state index contributed by atoms with van der Waals surface area (Å²) in [7, 11) is 2.08. The topological polar surface area (TPSA) is 53.0 Å². The maximum atomic E-state index is 12.6. The van der Waals surface area contributed by atoms with Gasteiger partial charge in [0.25, 0.3) is 0 Å². The first-order chi connectivity index (χ1) is 10.1. The van der Waals surface area contributed by atoms with E-state index in [0.29, 0.717) is 19.7 Å². The summed E-state index contributed by atoms with van der Waals surface area (Å²) in [6.45, 7) is 2.32. The van der Waals surface area contributed by atoms with E-state index in [1.807, 2.05) is 18.2 Å². The number of β-amino-alcohol motifs (C(OH)–C–C–N with tert-alkyl or cyclic N) is 1. The predicted molar refractivity (Wildman–Crippen MR) is 76.9 cm³/mol. The minimum atomic E-state index is -0.341. The SMILES string of the molecule is CN1C[C@@H](C(=O)N2CC(O)C2)[C@@H]2COc3ccccc3[C@@H]21. The van der Waals surface area contributed by atoms with Gasteiger partial charge in [-0.15, -0.1) is 0 Å². The van der Waals surface area contributed by atoms with Crippen LogP contribution in [0.5, 0.6) is 5.75 Å². The van der Waals surface area contributed by atoms with Crippen LogP contribution in [0.15, 0.2) is 24.3 Å². The molecule has 0 spiro atoms. The summed E-state index contributed by atoms with van der Waals surface area (Å²) in [5.41, 5.74) is 1.19. The minimum Gasteiger partial charge on any atom is -0.493 e. The summed E-state index contributed by atoms with van der Waals surface area (Å²) in [4.78, 5) is 16.7. The monoisotopic (exact) mass is 288 g/mol. The molecule has 112 valence electrons. The van der Waals surface area contributed by atoms with E-state index >= 15 is 0 Å². The van der Waals surface area contributed by atoms with Gasteiger partial charge in [0, 0.05) is 37.2 Å². The number of hydrogen-bond acceptors (Lipinski definition) is 4. The standard InChI is InChI=1S/C16H20N2O3/c1-17-8-12(16(20)18-6-10(19)7-18)13-9-21-14-5-3-2-4-11(14)15(13)17/h2-5,10,12-13,15,19H,6-9H2,1H3/t12-,13+,15+/m1/s1. The van der Waals surface area contributed by atoms with E-state index in [0.717, 1.165) is 12.3 Å². The number of carbonyl (C=O) groups excluding carboxylic acids is 1. The molecule has 3 aliphatic heterocycles. The normalized spacial score (nSPS) is 32.1. The highest BCUT2D eigenvalue weighted by Crippen LogP contribution is 2.47. The highest BCUT2D eigenvalue weighted by molar-refractivity contribution is 5.81. The van der Waals surface area contributed by atoms with Crippen LogP contribution in [0.2, 0.25) is 0 Å². The smallest absolute Gasteiger partial charge is 0.227 e. The number of amides is 1. The highest BCUT2D eigenvalue weighted by Gasteiger charge is 2.49. The summed E-state index contributed by atoms with van der Waals surface area (Å²) in [6, 6.07) is 8.37. The largest absolute Gasteiger partial charge is 0.493 e. The van der Waals surface area contributed by atoms with Gasteiger partial charge in [-0.25, -0.2) is 0 Å². The van der Waals surface area contributed by atoms with Gasteiger partial charge in [0.2, 0.25) is 5.91 Å². The second kappa shape index (κ2) is 4.71. The Morgan fingerprint density at radius 1 is 1.29 bits per heavy atom. The van der Waals surface area contributed by atoms with Gasteiger partial charge in [0.15, 0.2) is 0 Å². The van der Waals surface area contributed by atoms with Crippen LogP contribution in [-0.2, 0) is 4.79 Å². The number of aliphatic hydroxyl groups excluding tert-OH is 1. The number of benzene rings is 1. The molecule has 1 N–H and O–H groups in total. The Labute approximate surface area is 124 Å². The first-order valence-electron chi connectivity index (χ1n) is 7.54. The maximum Gasteiger partial charge on any atom is 0.227 e. The zero-order valence-corrected chi connectivity index (χ0v) is 12.1. The van der Waals surface area contributed by atoms with Gasteiger partial charge in [-0.2, -0.15) is 0 Å². The zero-order valence-electron chi connectivity index (χ0n) is 12.1. The molecule has 4 rings (SSSR count). The Hall–Kier alpha value is -1.59. The lowest BCUT2D eigenvalue weighted by atomic mass is 9.84. The van der Waals surface area contributed by atoms with Crippen molar-refractivity contribution in [1.29, 1.82) is 0 Å². The predicted octanol–water partition coefficient (Wildman–Crippen LogP) is 0.501. The third-order valence-electron chi connectivity index (χ3n) is 5.04. The van der Waals surface area contributed by atoms with Crippen molar-refractivity contribution in [3.8, 4) is 5.75 Å². The number of hydrogen-bond donors (Lipinski definition) is 1. The van der Waals surface area contributed by atoms with Gasteiger partial charge in [-0.3, -0.25) is 9.69 Å². The molecule has 1 aromatic carbocycles.